The Morgan fingerprint density at radius 3 is 2.64 bits per heavy atom. The van der Waals surface area contributed by atoms with E-state index in [0.29, 0.717) is 31.2 Å². The Balaban J connectivity index is 1.25. The van der Waals surface area contributed by atoms with Crippen LogP contribution in [0.15, 0.2) is 30.3 Å². The molecule has 2 aliphatic carbocycles. The van der Waals surface area contributed by atoms with Crippen molar-refractivity contribution in [1.29, 1.82) is 0 Å². The number of aliphatic hydroxyl groups is 1. The molecular weight excluding hydrogens is 422 g/mol. The molecule has 9 nitrogen and oxygen atoms in total. The highest BCUT2D eigenvalue weighted by Gasteiger charge is 2.46. The van der Waals surface area contributed by atoms with Gasteiger partial charge in [0.1, 0.15) is 5.60 Å². The first-order chi connectivity index (χ1) is 16.0. The van der Waals surface area contributed by atoms with Gasteiger partial charge < -0.3 is 20.5 Å². The summed E-state index contributed by atoms with van der Waals surface area (Å²) >= 11 is 0. The van der Waals surface area contributed by atoms with Crippen molar-refractivity contribution in [2.75, 3.05) is 25.1 Å². The molecule has 3 N–H and O–H groups in total. The number of carbonyl (C=O) groups is 2. The number of rotatable bonds is 8. The minimum Gasteiger partial charge on any atom is -0.396 e. The molecule has 0 spiro atoms. The molecule has 1 amide bonds. The van der Waals surface area contributed by atoms with Gasteiger partial charge in [0.2, 0.25) is 5.95 Å². The lowest BCUT2D eigenvalue weighted by atomic mass is 9.83. The number of benzene rings is 1. The molecule has 2 fully saturated rings. The number of fused-ring (bicyclic) bond motifs is 1. The standard InChI is InChI=1S/C24H31N5O4/c30-16-23(11-12-23)15-25-21(32)24(9-5-2-6-10-24)33-14-18-13-19(31)29-22(26-18)27-20(28-29)17-7-3-1-4-8-17/h1,3-4,7-8,18,30H,2,5-6,9-16H2,(H,25,32)(H,26,27,28). The van der Waals surface area contributed by atoms with Crippen molar-refractivity contribution in [2.45, 2.75) is 63.0 Å². The van der Waals surface area contributed by atoms with E-state index in [1.165, 1.54) is 4.68 Å². The second-order valence-corrected chi connectivity index (χ2v) is 9.68. The summed E-state index contributed by atoms with van der Waals surface area (Å²) in [6.45, 7) is 0.817. The predicted molar refractivity (Wildman–Crippen MR) is 122 cm³/mol. The molecule has 176 valence electrons. The van der Waals surface area contributed by atoms with Crippen LogP contribution in [0, 0.1) is 5.41 Å². The number of hydrogen-bond donors (Lipinski definition) is 3. The van der Waals surface area contributed by atoms with E-state index in [4.69, 9.17) is 4.74 Å². The summed E-state index contributed by atoms with van der Waals surface area (Å²) in [5, 5.41) is 20.2. The minimum atomic E-state index is -0.880. The van der Waals surface area contributed by atoms with E-state index in [9.17, 15) is 14.7 Å². The summed E-state index contributed by atoms with van der Waals surface area (Å²) in [5.74, 6) is 0.653. The fourth-order valence-corrected chi connectivity index (χ4v) is 4.74. The Bertz CT molecular complexity index is 1010. The third-order valence-corrected chi connectivity index (χ3v) is 7.18. The van der Waals surface area contributed by atoms with E-state index in [1.807, 2.05) is 30.3 Å². The van der Waals surface area contributed by atoms with Gasteiger partial charge in [0, 0.05) is 17.5 Å². The van der Waals surface area contributed by atoms with Gasteiger partial charge in [-0.2, -0.15) is 9.67 Å². The zero-order valence-corrected chi connectivity index (χ0v) is 18.8. The van der Waals surface area contributed by atoms with Crippen LogP contribution in [0.5, 0.6) is 0 Å². The molecule has 2 aromatic rings. The molecule has 2 heterocycles. The van der Waals surface area contributed by atoms with Crippen LogP contribution in [-0.4, -0.2) is 63.1 Å². The van der Waals surface area contributed by atoms with Gasteiger partial charge in [0.25, 0.3) is 11.8 Å². The van der Waals surface area contributed by atoms with Crippen molar-refractivity contribution in [3.63, 3.8) is 0 Å². The highest BCUT2D eigenvalue weighted by Crippen LogP contribution is 2.44. The Morgan fingerprint density at radius 2 is 1.94 bits per heavy atom. The van der Waals surface area contributed by atoms with Gasteiger partial charge in [0.05, 0.1) is 25.7 Å². The molecule has 3 aliphatic rings. The van der Waals surface area contributed by atoms with Gasteiger partial charge in [-0.1, -0.05) is 49.6 Å². The number of amides is 1. The van der Waals surface area contributed by atoms with Crippen LogP contribution in [0.4, 0.5) is 5.95 Å². The largest absolute Gasteiger partial charge is 0.396 e. The maximum absolute atomic E-state index is 13.2. The predicted octanol–water partition coefficient (Wildman–Crippen LogP) is 2.38. The van der Waals surface area contributed by atoms with Crippen molar-refractivity contribution in [3.05, 3.63) is 30.3 Å². The van der Waals surface area contributed by atoms with Crippen LogP contribution in [0.2, 0.25) is 0 Å². The van der Waals surface area contributed by atoms with Gasteiger partial charge in [0.15, 0.2) is 5.82 Å². The molecule has 1 atom stereocenters. The number of aliphatic hydroxyl groups excluding tert-OH is 1. The van der Waals surface area contributed by atoms with Crippen LogP contribution in [0.1, 0.15) is 56.2 Å². The van der Waals surface area contributed by atoms with E-state index < -0.39 is 5.60 Å². The molecule has 0 radical (unpaired) electrons. The van der Waals surface area contributed by atoms with Crippen molar-refractivity contribution < 1.29 is 19.4 Å². The van der Waals surface area contributed by atoms with Crippen molar-refractivity contribution in [3.8, 4) is 11.4 Å². The molecule has 0 saturated heterocycles. The number of aromatic nitrogens is 3. The highest BCUT2D eigenvalue weighted by molar-refractivity contribution is 5.86. The Labute approximate surface area is 192 Å². The first kappa shape index (κ1) is 22.0. The lowest BCUT2D eigenvalue weighted by Crippen LogP contribution is -2.53. The summed E-state index contributed by atoms with van der Waals surface area (Å²) in [6, 6.07) is 9.25. The molecule has 9 heteroatoms. The molecule has 1 aliphatic heterocycles. The normalized spacial score (nSPS) is 22.8. The van der Waals surface area contributed by atoms with Crippen molar-refractivity contribution in [2.24, 2.45) is 5.41 Å². The summed E-state index contributed by atoms with van der Waals surface area (Å²) < 4.78 is 7.61. The molecule has 0 bridgehead atoms. The second kappa shape index (κ2) is 8.87. The molecule has 2 saturated carbocycles. The Kier molecular flexibility index (Phi) is 5.92. The number of hydrogen-bond acceptors (Lipinski definition) is 7. The van der Waals surface area contributed by atoms with Crippen LogP contribution in [-0.2, 0) is 9.53 Å². The first-order valence-electron chi connectivity index (χ1n) is 11.9. The van der Waals surface area contributed by atoms with Crippen LogP contribution in [0.3, 0.4) is 0 Å². The summed E-state index contributed by atoms with van der Waals surface area (Å²) in [7, 11) is 0. The molecule has 5 rings (SSSR count). The zero-order valence-electron chi connectivity index (χ0n) is 18.8. The van der Waals surface area contributed by atoms with Gasteiger partial charge in [-0.15, -0.1) is 5.10 Å². The molecule has 1 aromatic heterocycles. The maximum atomic E-state index is 13.2. The second-order valence-electron chi connectivity index (χ2n) is 9.68. The molecule has 1 unspecified atom stereocenters. The molecular formula is C24H31N5O4. The smallest absolute Gasteiger partial charge is 0.252 e. The first-order valence-corrected chi connectivity index (χ1v) is 11.9. The number of ether oxygens (including phenoxy) is 1. The van der Waals surface area contributed by atoms with Crippen molar-refractivity contribution in [1.82, 2.24) is 20.1 Å². The fraction of sp³-hybridized carbons (Fsp3) is 0.583. The molecule has 1 aromatic carbocycles. The van der Waals surface area contributed by atoms with Gasteiger partial charge in [-0.3, -0.25) is 9.59 Å². The quantitative estimate of drug-likeness (QED) is 0.562. The van der Waals surface area contributed by atoms with Gasteiger partial charge in [-0.25, -0.2) is 0 Å². The Morgan fingerprint density at radius 1 is 1.18 bits per heavy atom. The number of nitrogens with zero attached hydrogens (tertiary/aromatic N) is 3. The topological polar surface area (TPSA) is 118 Å². The Hall–Kier alpha value is -2.78. The fourth-order valence-electron chi connectivity index (χ4n) is 4.74. The SMILES string of the molecule is O=C1CC(COC2(C(=O)NCC3(CO)CC3)CCCCC2)Nc2nc(-c3ccccc3)nn21. The molecule has 33 heavy (non-hydrogen) atoms. The van der Waals surface area contributed by atoms with E-state index >= 15 is 0 Å². The average molecular weight is 454 g/mol. The van der Waals surface area contributed by atoms with E-state index in [1.54, 1.807) is 0 Å². The zero-order chi connectivity index (χ0) is 22.9. The summed E-state index contributed by atoms with van der Waals surface area (Å²) in [5.41, 5.74) is -0.186. The van der Waals surface area contributed by atoms with Crippen LogP contribution >= 0.6 is 0 Å². The summed E-state index contributed by atoms with van der Waals surface area (Å²) in [4.78, 5) is 30.4. The third kappa shape index (κ3) is 4.52. The number of carbonyl (C=O) groups excluding carboxylic acids is 2. The van der Waals surface area contributed by atoms with Gasteiger partial charge in [-0.05, 0) is 25.7 Å². The van der Waals surface area contributed by atoms with Crippen LogP contribution < -0.4 is 10.6 Å². The van der Waals surface area contributed by atoms with Crippen molar-refractivity contribution >= 4 is 17.8 Å². The number of anilines is 1. The number of nitrogens with one attached hydrogen (secondary N) is 2. The lowest BCUT2D eigenvalue weighted by molar-refractivity contribution is -0.153. The maximum Gasteiger partial charge on any atom is 0.252 e. The highest BCUT2D eigenvalue weighted by atomic mass is 16.5. The summed E-state index contributed by atoms with van der Waals surface area (Å²) in [6.07, 6.45) is 6.39. The lowest BCUT2D eigenvalue weighted by Gasteiger charge is -2.37. The monoisotopic (exact) mass is 453 g/mol. The minimum absolute atomic E-state index is 0.0981. The van der Waals surface area contributed by atoms with Gasteiger partial charge >= 0.3 is 0 Å². The van der Waals surface area contributed by atoms with Crippen LogP contribution in [0.25, 0.3) is 11.4 Å². The van der Waals surface area contributed by atoms with E-state index in [0.717, 1.165) is 37.7 Å². The average Bonchev–Trinajstić information content (AvgIpc) is 3.51. The third-order valence-electron chi connectivity index (χ3n) is 7.18. The van der Waals surface area contributed by atoms with E-state index in [2.05, 4.69) is 20.7 Å². The van der Waals surface area contributed by atoms with E-state index in [-0.39, 0.29) is 42.9 Å².